The third-order valence-electron chi connectivity index (χ3n) is 6.27. The molecule has 0 atom stereocenters. The number of piperazine rings is 1. The van der Waals surface area contributed by atoms with Crippen LogP contribution in [0, 0.1) is 0 Å². The Labute approximate surface area is 201 Å². The van der Waals surface area contributed by atoms with Crippen molar-refractivity contribution in [1.82, 2.24) is 15.0 Å². The van der Waals surface area contributed by atoms with Gasteiger partial charge in [-0.05, 0) is 43.4 Å². The van der Waals surface area contributed by atoms with Crippen LogP contribution in [0.5, 0.6) is 17.2 Å². The number of benzene rings is 2. The Morgan fingerprint density at radius 1 is 0.941 bits per heavy atom. The highest BCUT2D eigenvalue weighted by Crippen LogP contribution is 2.37. The predicted octanol–water partition coefficient (Wildman–Crippen LogP) is 3.62. The molecule has 0 bridgehead atoms. The van der Waals surface area contributed by atoms with Crippen molar-refractivity contribution < 1.29 is 18.7 Å². The van der Waals surface area contributed by atoms with Gasteiger partial charge in [0.15, 0.2) is 17.3 Å². The van der Waals surface area contributed by atoms with E-state index in [9.17, 15) is 0 Å². The molecule has 0 radical (unpaired) electrons. The van der Waals surface area contributed by atoms with Crippen molar-refractivity contribution in [2.45, 2.75) is 6.54 Å². The molecule has 0 aliphatic carbocycles. The van der Waals surface area contributed by atoms with Gasteiger partial charge in [-0.2, -0.15) is 0 Å². The number of rotatable bonds is 10. The summed E-state index contributed by atoms with van der Waals surface area (Å²) in [6.45, 7) is 6.86. The monoisotopic (exact) mass is 466 g/mol. The number of hydrogen-bond acceptors (Lipinski definition) is 8. The molecule has 2 aromatic carbocycles. The zero-order valence-electron chi connectivity index (χ0n) is 20.5. The Bertz CT molecular complexity index is 1050. The standard InChI is InChI=1S/C26H34N4O4/c1-28(12-13-29-14-16-30(17-15-29)20-8-10-21(31-2)11-9-20)19-22-18-24(27-34-22)23-6-5-7-25(32-3)26(23)33-4/h5-11,18H,12-17,19H2,1-4H3. The maximum Gasteiger partial charge on any atom is 0.170 e. The molecule has 0 unspecified atom stereocenters. The van der Waals surface area contributed by atoms with Crippen LogP contribution >= 0.6 is 0 Å². The van der Waals surface area contributed by atoms with Gasteiger partial charge >= 0.3 is 0 Å². The minimum atomic E-state index is 0.659. The number of aromatic nitrogens is 1. The lowest BCUT2D eigenvalue weighted by Gasteiger charge is -2.36. The van der Waals surface area contributed by atoms with Crippen molar-refractivity contribution in [3.8, 4) is 28.5 Å². The first-order valence-electron chi connectivity index (χ1n) is 11.6. The van der Waals surface area contributed by atoms with Crippen LogP contribution < -0.4 is 19.1 Å². The first-order valence-corrected chi connectivity index (χ1v) is 11.6. The van der Waals surface area contributed by atoms with Crippen molar-refractivity contribution in [1.29, 1.82) is 0 Å². The molecule has 0 saturated carbocycles. The fourth-order valence-corrected chi connectivity index (χ4v) is 4.28. The minimum absolute atomic E-state index is 0.659. The molecule has 1 aliphatic heterocycles. The molecule has 8 nitrogen and oxygen atoms in total. The van der Waals surface area contributed by atoms with Crippen LogP contribution in [0.3, 0.4) is 0 Å². The van der Waals surface area contributed by atoms with E-state index in [4.69, 9.17) is 18.7 Å². The predicted molar refractivity (Wildman–Crippen MR) is 133 cm³/mol. The summed E-state index contributed by atoms with van der Waals surface area (Å²) >= 11 is 0. The first-order chi connectivity index (χ1) is 16.6. The molecule has 1 aliphatic rings. The van der Waals surface area contributed by atoms with E-state index in [1.807, 2.05) is 36.4 Å². The van der Waals surface area contributed by atoms with E-state index in [0.29, 0.717) is 18.0 Å². The Morgan fingerprint density at radius 3 is 2.38 bits per heavy atom. The number of likely N-dealkylation sites (N-methyl/N-ethyl adjacent to an activating group) is 1. The summed E-state index contributed by atoms with van der Waals surface area (Å²) in [6, 6.07) is 16.0. The lowest BCUT2D eigenvalue weighted by Crippen LogP contribution is -2.48. The lowest BCUT2D eigenvalue weighted by atomic mass is 10.1. The van der Waals surface area contributed by atoms with E-state index in [-0.39, 0.29) is 0 Å². The average molecular weight is 467 g/mol. The summed E-state index contributed by atoms with van der Waals surface area (Å²) < 4.78 is 21.8. The van der Waals surface area contributed by atoms with Crippen LogP contribution in [-0.2, 0) is 6.54 Å². The highest BCUT2D eigenvalue weighted by Gasteiger charge is 2.19. The van der Waals surface area contributed by atoms with Gasteiger partial charge in [0.2, 0.25) is 0 Å². The molecule has 34 heavy (non-hydrogen) atoms. The molecule has 1 aromatic heterocycles. The summed E-state index contributed by atoms with van der Waals surface area (Å²) in [4.78, 5) is 7.22. The third kappa shape index (κ3) is 5.63. The van der Waals surface area contributed by atoms with Crippen LogP contribution in [0.2, 0.25) is 0 Å². The van der Waals surface area contributed by atoms with Crippen LogP contribution in [0.15, 0.2) is 53.1 Å². The number of nitrogens with zero attached hydrogens (tertiary/aromatic N) is 4. The molecule has 0 amide bonds. The molecule has 1 fully saturated rings. The number of ether oxygens (including phenoxy) is 3. The fraction of sp³-hybridized carbons (Fsp3) is 0.423. The van der Waals surface area contributed by atoms with Crippen LogP contribution in [0.25, 0.3) is 11.3 Å². The second-order valence-electron chi connectivity index (χ2n) is 8.48. The Balaban J connectivity index is 1.25. The Morgan fingerprint density at radius 2 is 1.71 bits per heavy atom. The van der Waals surface area contributed by atoms with E-state index in [2.05, 4.69) is 39.0 Å². The number of anilines is 1. The van der Waals surface area contributed by atoms with E-state index in [1.54, 1.807) is 21.3 Å². The van der Waals surface area contributed by atoms with Gasteiger partial charge in [0.25, 0.3) is 0 Å². The maximum absolute atomic E-state index is 5.62. The maximum atomic E-state index is 5.62. The Hall–Kier alpha value is -3.23. The summed E-state index contributed by atoms with van der Waals surface area (Å²) in [7, 11) is 7.07. The summed E-state index contributed by atoms with van der Waals surface area (Å²) in [6.07, 6.45) is 0. The minimum Gasteiger partial charge on any atom is -0.497 e. The molecular weight excluding hydrogens is 432 g/mol. The molecule has 4 rings (SSSR count). The quantitative estimate of drug-likeness (QED) is 0.449. The van der Waals surface area contributed by atoms with Gasteiger partial charge in [-0.1, -0.05) is 11.2 Å². The molecule has 2 heterocycles. The van der Waals surface area contributed by atoms with Crippen LogP contribution in [-0.4, -0.2) is 82.6 Å². The van der Waals surface area contributed by atoms with Crippen molar-refractivity contribution in [2.24, 2.45) is 0 Å². The number of hydrogen-bond donors (Lipinski definition) is 0. The van der Waals surface area contributed by atoms with Crippen molar-refractivity contribution in [3.05, 3.63) is 54.3 Å². The SMILES string of the molecule is COc1ccc(N2CCN(CCN(C)Cc3cc(-c4cccc(OC)c4OC)no3)CC2)cc1. The molecule has 0 N–H and O–H groups in total. The molecule has 182 valence electrons. The van der Waals surface area contributed by atoms with Gasteiger partial charge in [-0.25, -0.2) is 0 Å². The average Bonchev–Trinajstić information content (AvgIpc) is 3.35. The van der Waals surface area contributed by atoms with E-state index in [1.165, 1.54) is 5.69 Å². The molecule has 1 saturated heterocycles. The smallest absolute Gasteiger partial charge is 0.170 e. The fourth-order valence-electron chi connectivity index (χ4n) is 4.28. The molecule has 3 aromatic rings. The van der Waals surface area contributed by atoms with Crippen molar-refractivity contribution in [2.75, 3.05) is 72.5 Å². The van der Waals surface area contributed by atoms with Gasteiger partial charge < -0.3 is 23.6 Å². The van der Waals surface area contributed by atoms with Gasteiger partial charge in [0.1, 0.15) is 11.4 Å². The largest absolute Gasteiger partial charge is 0.497 e. The van der Waals surface area contributed by atoms with Crippen LogP contribution in [0.1, 0.15) is 5.76 Å². The molecular formula is C26H34N4O4. The highest BCUT2D eigenvalue weighted by atomic mass is 16.5. The summed E-state index contributed by atoms with van der Waals surface area (Å²) in [5, 5.41) is 4.26. The summed E-state index contributed by atoms with van der Waals surface area (Å²) in [5.74, 6) is 3.05. The highest BCUT2D eigenvalue weighted by molar-refractivity contribution is 5.71. The zero-order chi connectivity index (χ0) is 23.9. The molecule has 8 heteroatoms. The second-order valence-corrected chi connectivity index (χ2v) is 8.48. The zero-order valence-corrected chi connectivity index (χ0v) is 20.5. The third-order valence-corrected chi connectivity index (χ3v) is 6.27. The van der Waals surface area contributed by atoms with Crippen molar-refractivity contribution >= 4 is 5.69 Å². The summed E-state index contributed by atoms with van der Waals surface area (Å²) in [5.41, 5.74) is 2.86. The first kappa shape index (κ1) is 23.9. The van der Waals surface area contributed by atoms with Crippen molar-refractivity contribution in [3.63, 3.8) is 0 Å². The second kappa shape index (κ2) is 11.3. The van der Waals surface area contributed by atoms with Crippen LogP contribution in [0.4, 0.5) is 5.69 Å². The van der Waals surface area contributed by atoms with Gasteiger partial charge in [-0.3, -0.25) is 9.80 Å². The van der Waals surface area contributed by atoms with E-state index < -0.39 is 0 Å². The van der Waals surface area contributed by atoms with Gasteiger partial charge in [-0.15, -0.1) is 0 Å². The number of para-hydroxylation sites is 1. The van der Waals surface area contributed by atoms with Gasteiger partial charge in [0, 0.05) is 56.6 Å². The Kier molecular flexibility index (Phi) is 7.92. The lowest BCUT2D eigenvalue weighted by molar-refractivity contribution is 0.202. The van der Waals surface area contributed by atoms with E-state index >= 15 is 0 Å². The van der Waals surface area contributed by atoms with Gasteiger partial charge in [0.05, 0.1) is 27.9 Å². The van der Waals surface area contributed by atoms with E-state index in [0.717, 1.165) is 62.0 Å². The number of methoxy groups -OCH3 is 3. The normalized spacial score (nSPS) is 14.4. The topological polar surface area (TPSA) is 63.4 Å². The molecule has 0 spiro atoms.